The first kappa shape index (κ1) is 70.8. The Balaban J connectivity index is 4.53. The van der Waals surface area contributed by atoms with Gasteiger partial charge in [0.15, 0.2) is 6.10 Å². The Labute approximate surface area is 462 Å². The first-order valence-corrected chi connectivity index (χ1v) is 31.0. The van der Waals surface area contributed by atoms with Crippen molar-refractivity contribution in [2.75, 3.05) is 13.2 Å². The standard InChI is InChI=1S/C69H114O6/c1-4-7-10-13-16-19-22-25-28-31-33-34-36-38-41-44-47-50-53-56-59-62-68(71)74-65-66(64-73-67(70)61-58-55-52-49-46-43-40-37-30-27-24-21-18-15-12-9-6-3)75-69(72)63-60-57-54-51-48-45-42-39-35-32-29-26-23-20-17-14-11-8-5-2/h8,11,17,20,22,25-27,29-31,33,35-36,38-39,45,48,54,57,66H,4-7,9-10,12-16,18-19,21,23-24,28,32,34,37,40-44,46-47,49-53,55-56,58-65H2,1-3H3/b11-8-,20-17-,25-22-,29-26-,30-27-,33-31-,38-36-,39-35-,48-45-,57-54-. The van der Waals surface area contributed by atoms with E-state index in [4.69, 9.17) is 14.2 Å². The summed E-state index contributed by atoms with van der Waals surface area (Å²) in [5.74, 6) is -1.02. The molecule has 0 saturated heterocycles. The normalized spacial score (nSPS) is 12.9. The monoisotopic (exact) mass is 1040 g/mol. The highest BCUT2D eigenvalue weighted by Crippen LogP contribution is 2.14. The minimum Gasteiger partial charge on any atom is -0.462 e. The summed E-state index contributed by atoms with van der Waals surface area (Å²) in [6, 6.07) is 0. The van der Waals surface area contributed by atoms with E-state index >= 15 is 0 Å². The molecule has 6 nitrogen and oxygen atoms in total. The van der Waals surface area contributed by atoms with Gasteiger partial charge in [-0.25, -0.2) is 0 Å². The van der Waals surface area contributed by atoms with Crippen LogP contribution in [-0.2, 0) is 28.6 Å². The van der Waals surface area contributed by atoms with Gasteiger partial charge in [-0.3, -0.25) is 14.4 Å². The lowest BCUT2D eigenvalue weighted by atomic mass is 10.1. The van der Waals surface area contributed by atoms with Crippen LogP contribution in [0.2, 0.25) is 0 Å². The Bertz CT molecular complexity index is 1570. The van der Waals surface area contributed by atoms with Gasteiger partial charge in [0.1, 0.15) is 13.2 Å². The minimum atomic E-state index is -0.831. The third kappa shape index (κ3) is 60.6. The Kier molecular flexibility index (Phi) is 58.9. The molecule has 426 valence electrons. The molecule has 0 fully saturated rings. The summed E-state index contributed by atoms with van der Waals surface area (Å²) in [6.45, 7) is 6.44. The number of esters is 3. The van der Waals surface area contributed by atoms with Crippen LogP contribution >= 0.6 is 0 Å². The summed E-state index contributed by atoms with van der Waals surface area (Å²) in [4.78, 5) is 38.3. The number of allylic oxidation sites excluding steroid dienone is 20. The van der Waals surface area contributed by atoms with Crippen LogP contribution in [0, 0.1) is 0 Å². The van der Waals surface area contributed by atoms with Crippen molar-refractivity contribution in [2.45, 2.75) is 284 Å². The lowest BCUT2D eigenvalue weighted by molar-refractivity contribution is -0.166. The van der Waals surface area contributed by atoms with Crippen LogP contribution < -0.4 is 0 Å². The van der Waals surface area contributed by atoms with Gasteiger partial charge < -0.3 is 14.2 Å². The van der Waals surface area contributed by atoms with Gasteiger partial charge in [-0.2, -0.15) is 0 Å². The van der Waals surface area contributed by atoms with Crippen molar-refractivity contribution >= 4 is 17.9 Å². The van der Waals surface area contributed by atoms with E-state index in [0.29, 0.717) is 19.3 Å². The average Bonchev–Trinajstić information content (AvgIpc) is 3.41. The first-order chi connectivity index (χ1) is 37.0. The van der Waals surface area contributed by atoms with Crippen LogP contribution in [0.1, 0.15) is 278 Å². The second-order valence-corrected chi connectivity index (χ2v) is 20.2. The molecule has 0 aromatic rings. The molecule has 0 spiro atoms. The number of hydrogen-bond acceptors (Lipinski definition) is 6. The summed E-state index contributed by atoms with van der Waals surface area (Å²) in [5.41, 5.74) is 0. The van der Waals surface area contributed by atoms with Crippen molar-refractivity contribution in [1.82, 2.24) is 0 Å². The smallest absolute Gasteiger partial charge is 0.306 e. The molecule has 0 aromatic carbocycles. The fraction of sp³-hybridized carbons (Fsp3) is 0.667. The van der Waals surface area contributed by atoms with Gasteiger partial charge in [0.05, 0.1) is 0 Å². The minimum absolute atomic E-state index is 0.117. The number of rotatable bonds is 55. The zero-order valence-corrected chi connectivity index (χ0v) is 48.8. The SMILES string of the molecule is CC/C=C\C/C=C\C/C=C\C/C=C\C/C=C\C/C=C\CCC(=O)OC(COC(=O)CCCCCCCC/C=C\C/C=C\C/C=C\CCCCCCC)COC(=O)CCCCCCCCC/C=C\CCCCCCCC. The van der Waals surface area contributed by atoms with Crippen molar-refractivity contribution in [1.29, 1.82) is 0 Å². The molecular formula is C69H114O6. The molecule has 0 N–H and O–H groups in total. The lowest BCUT2D eigenvalue weighted by Gasteiger charge is -2.18. The molecular weight excluding hydrogens is 925 g/mol. The highest BCUT2D eigenvalue weighted by atomic mass is 16.6. The molecule has 1 unspecified atom stereocenters. The highest BCUT2D eigenvalue weighted by Gasteiger charge is 2.19. The first-order valence-electron chi connectivity index (χ1n) is 31.0. The number of unbranched alkanes of at least 4 members (excludes halogenated alkanes) is 24. The number of ether oxygens (including phenoxy) is 3. The van der Waals surface area contributed by atoms with Crippen LogP contribution in [0.15, 0.2) is 122 Å². The van der Waals surface area contributed by atoms with E-state index < -0.39 is 12.1 Å². The van der Waals surface area contributed by atoms with E-state index in [1.165, 1.54) is 128 Å². The summed E-state index contributed by atoms with van der Waals surface area (Å²) in [5, 5.41) is 0. The molecule has 0 aliphatic rings. The van der Waals surface area contributed by atoms with Gasteiger partial charge in [-0.15, -0.1) is 0 Å². The topological polar surface area (TPSA) is 78.9 Å². The van der Waals surface area contributed by atoms with E-state index in [1.54, 1.807) is 0 Å². The van der Waals surface area contributed by atoms with Gasteiger partial charge in [-0.1, -0.05) is 258 Å². The van der Waals surface area contributed by atoms with Crippen LogP contribution in [0.4, 0.5) is 0 Å². The summed E-state index contributed by atoms with van der Waals surface area (Å²) in [6.07, 6.45) is 86.3. The molecule has 1 atom stereocenters. The third-order valence-electron chi connectivity index (χ3n) is 12.9. The van der Waals surface area contributed by atoms with Gasteiger partial charge in [0.2, 0.25) is 0 Å². The fourth-order valence-electron chi connectivity index (χ4n) is 8.29. The molecule has 75 heavy (non-hydrogen) atoms. The third-order valence-corrected chi connectivity index (χ3v) is 12.9. The predicted octanol–water partition coefficient (Wildman–Crippen LogP) is 21.2. The van der Waals surface area contributed by atoms with Gasteiger partial charge in [-0.05, 0) is 122 Å². The Hall–Kier alpha value is -4.19. The highest BCUT2D eigenvalue weighted by molar-refractivity contribution is 5.71. The lowest BCUT2D eigenvalue weighted by Crippen LogP contribution is -2.30. The quantitative estimate of drug-likeness (QED) is 0.0261. The molecule has 6 heteroatoms. The maximum absolute atomic E-state index is 12.9. The zero-order valence-electron chi connectivity index (χ0n) is 48.8. The maximum atomic E-state index is 12.9. The van der Waals surface area contributed by atoms with E-state index in [1.807, 2.05) is 6.08 Å². The Morgan fingerprint density at radius 1 is 0.280 bits per heavy atom. The molecule has 0 saturated carbocycles. The van der Waals surface area contributed by atoms with Crippen molar-refractivity contribution < 1.29 is 28.6 Å². The van der Waals surface area contributed by atoms with Gasteiger partial charge >= 0.3 is 17.9 Å². The molecule has 0 aliphatic carbocycles. The Morgan fingerprint density at radius 2 is 0.547 bits per heavy atom. The van der Waals surface area contributed by atoms with Crippen molar-refractivity contribution in [2.24, 2.45) is 0 Å². The van der Waals surface area contributed by atoms with Crippen molar-refractivity contribution in [3.63, 3.8) is 0 Å². The number of hydrogen-bond donors (Lipinski definition) is 0. The summed E-state index contributed by atoms with van der Waals surface area (Å²) >= 11 is 0. The largest absolute Gasteiger partial charge is 0.462 e. The van der Waals surface area contributed by atoms with Crippen molar-refractivity contribution in [3.05, 3.63) is 122 Å². The molecule has 0 rings (SSSR count). The predicted molar refractivity (Wildman–Crippen MR) is 325 cm³/mol. The van der Waals surface area contributed by atoms with Crippen molar-refractivity contribution in [3.8, 4) is 0 Å². The van der Waals surface area contributed by atoms with Crippen LogP contribution in [0.25, 0.3) is 0 Å². The van der Waals surface area contributed by atoms with E-state index in [2.05, 4.69) is 136 Å². The number of carbonyl (C=O) groups is 3. The van der Waals surface area contributed by atoms with E-state index in [9.17, 15) is 14.4 Å². The van der Waals surface area contributed by atoms with Crippen LogP contribution in [0.5, 0.6) is 0 Å². The van der Waals surface area contributed by atoms with Gasteiger partial charge in [0, 0.05) is 19.3 Å². The summed E-state index contributed by atoms with van der Waals surface area (Å²) < 4.78 is 16.8. The van der Waals surface area contributed by atoms with Crippen LogP contribution in [-0.4, -0.2) is 37.2 Å². The number of carbonyl (C=O) groups excluding carboxylic acids is 3. The average molecular weight is 1040 g/mol. The Morgan fingerprint density at radius 3 is 0.880 bits per heavy atom. The molecule has 0 amide bonds. The van der Waals surface area contributed by atoms with Crippen LogP contribution in [0.3, 0.4) is 0 Å². The fourth-order valence-corrected chi connectivity index (χ4v) is 8.29. The maximum Gasteiger partial charge on any atom is 0.306 e. The van der Waals surface area contributed by atoms with Gasteiger partial charge in [0.25, 0.3) is 0 Å². The molecule has 0 heterocycles. The van der Waals surface area contributed by atoms with E-state index in [-0.39, 0.29) is 31.6 Å². The zero-order chi connectivity index (χ0) is 54.3. The molecule has 0 bridgehead atoms. The molecule has 0 aliphatic heterocycles. The molecule has 0 aromatic heterocycles. The summed E-state index contributed by atoms with van der Waals surface area (Å²) in [7, 11) is 0. The molecule has 0 radical (unpaired) electrons. The van der Waals surface area contributed by atoms with E-state index in [0.717, 1.165) is 103 Å². The second kappa shape index (κ2) is 62.4. The second-order valence-electron chi connectivity index (χ2n) is 20.2.